The lowest BCUT2D eigenvalue weighted by Gasteiger charge is -2.31. The highest BCUT2D eigenvalue weighted by Gasteiger charge is 2.23. The van der Waals surface area contributed by atoms with E-state index in [2.05, 4.69) is 0 Å². The van der Waals surface area contributed by atoms with Crippen LogP contribution in [0.15, 0.2) is 0 Å². The van der Waals surface area contributed by atoms with Gasteiger partial charge in [0.15, 0.2) is 6.29 Å². The zero-order valence-electron chi connectivity index (χ0n) is 6.41. The monoisotopic (exact) mass is 146 g/mol. The summed E-state index contributed by atoms with van der Waals surface area (Å²) in [6, 6.07) is 0. The molecule has 1 heterocycles. The van der Waals surface area contributed by atoms with Crippen molar-refractivity contribution in [2.75, 3.05) is 6.61 Å². The minimum Gasteiger partial charge on any atom is -0.394 e. The van der Waals surface area contributed by atoms with Gasteiger partial charge in [0.2, 0.25) is 0 Å². The lowest BCUT2D eigenvalue weighted by Crippen LogP contribution is -2.36. The molecule has 1 aliphatic rings. The number of aliphatic hydroxyl groups excluding tert-OH is 1. The van der Waals surface area contributed by atoms with Gasteiger partial charge in [-0.25, -0.2) is 0 Å². The number of hydrogen-bond acceptors (Lipinski definition) is 3. The molecular formula is C7H14O3. The van der Waals surface area contributed by atoms with Crippen LogP contribution in [0.3, 0.4) is 0 Å². The molecule has 60 valence electrons. The van der Waals surface area contributed by atoms with Crippen LogP contribution in [0, 0.1) is 0 Å². The third-order valence-corrected chi connectivity index (χ3v) is 1.61. The number of hydrogen-bond donors (Lipinski definition) is 1. The zero-order chi connectivity index (χ0) is 7.56. The van der Waals surface area contributed by atoms with Crippen molar-refractivity contribution in [3.05, 3.63) is 0 Å². The van der Waals surface area contributed by atoms with Gasteiger partial charge >= 0.3 is 0 Å². The van der Waals surface area contributed by atoms with Gasteiger partial charge in [-0.1, -0.05) is 0 Å². The number of ether oxygens (including phenoxy) is 2. The van der Waals surface area contributed by atoms with Gasteiger partial charge in [0.25, 0.3) is 0 Å². The third kappa shape index (κ3) is 1.94. The van der Waals surface area contributed by atoms with Crippen molar-refractivity contribution in [3.63, 3.8) is 0 Å². The Labute approximate surface area is 60.9 Å². The molecule has 0 radical (unpaired) electrons. The van der Waals surface area contributed by atoms with E-state index in [9.17, 15) is 0 Å². The lowest BCUT2D eigenvalue weighted by atomic mass is 10.1. The van der Waals surface area contributed by atoms with Gasteiger partial charge in [-0.05, 0) is 13.8 Å². The molecule has 0 spiro atoms. The van der Waals surface area contributed by atoms with Crippen LogP contribution in [0.4, 0.5) is 0 Å². The molecule has 3 nitrogen and oxygen atoms in total. The average Bonchev–Trinajstić information content (AvgIpc) is 1.85. The summed E-state index contributed by atoms with van der Waals surface area (Å²) in [5.74, 6) is 0. The molecule has 1 rings (SSSR count). The van der Waals surface area contributed by atoms with E-state index in [1.807, 2.05) is 13.8 Å². The van der Waals surface area contributed by atoms with E-state index >= 15 is 0 Å². The van der Waals surface area contributed by atoms with E-state index in [1.54, 1.807) is 0 Å². The quantitative estimate of drug-likeness (QED) is 0.586. The van der Waals surface area contributed by atoms with Crippen molar-refractivity contribution in [2.24, 2.45) is 0 Å². The molecule has 0 saturated carbocycles. The fraction of sp³-hybridized carbons (Fsp3) is 1.00. The second-order valence-corrected chi connectivity index (χ2v) is 2.69. The second kappa shape index (κ2) is 3.32. The third-order valence-electron chi connectivity index (χ3n) is 1.61. The normalized spacial score (nSPS) is 41.7. The Morgan fingerprint density at radius 3 is 2.60 bits per heavy atom. The van der Waals surface area contributed by atoms with Crippen molar-refractivity contribution in [1.82, 2.24) is 0 Å². The van der Waals surface area contributed by atoms with Gasteiger partial charge < -0.3 is 14.6 Å². The molecule has 0 aliphatic carbocycles. The molecule has 1 saturated heterocycles. The Kier molecular flexibility index (Phi) is 2.65. The fourth-order valence-corrected chi connectivity index (χ4v) is 1.23. The SMILES string of the molecule is C[C@@H]1O[C@@H](CO)C[C@@H](C)O1. The van der Waals surface area contributed by atoms with Gasteiger partial charge in [-0.15, -0.1) is 0 Å². The highest BCUT2D eigenvalue weighted by atomic mass is 16.7. The van der Waals surface area contributed by atoms with Crippen LogP contribution in [0.1, 0.15) is 20.3 Å². The van der Waals surface area contributed by atoms with Crippen molar-refractivity contribution in [3.8, 4) is 0 Å². The molecule has 0 bridgehead atoms. The molecule has 1 N–H and O–H groups in total. The Morgan fingerprint density at radius 2 is 2.10 bits per heavy atom. The molecule has 0 unspecified atom stereocenters. The summed E-state index contributed by atoms with van der Waals surface area (Å²) < 4.78 is 10.5. The number of aliphatic hydroxyl groups is 1. The van der Waals surface area contributed by atoms with Crippen LogP contribution in [-0.2, 0) is 9.47 Å². The summed E-state index contributed by atoms with van der Waals surface area (Å²) in [5.41, 5.74) is 0. The lowest BCUT2D eigenvalue weighted by molar-refractivity contribution is -0.235. The van der Waals surface area contributed by atoms with Crippen molar-refractivity contribution in [2.45, 2.75) is 38.8 Å². The summed E-state index contributed by atoms with van der Waals surface area (Å²) in [6.45, 7) is 3.93. The van der Waals surface area contributed by atoms with Gasteiger partial charge in [0.1, 0.15) is 0 Å². The van der Waals surface area contributed by atoms with Crippen LogP contribution in [0.5, 0.6) is 0 Å². The predicted molar refractivity (Wildman–Crippen MR) is 36.6 cm³/mol. The first-order valence-electron chi connectivity index (χ1n) is 3.64. The van der Waals surface area contributed by atoms with E-state index in [-0.39, 0.29) is 25.1 Å². The van der Waals surface area contributed by atoms with E-state index in [1.165, 1.54) is 0 Å². The van der Waals surface area contributed by atoms with Gasteiger partial charge in [0, 0.05) is 6.42 Å². The van der Waals surface area contributed by atoms with Crippen LogP contribution in [0.2, 0.25) is 0 Å². The van der Waals surface area contributed by atoms with Crippen molar-refractivity contribution in [1.29, 1.82) is 0 Å². The molecule has 3 atom stereocenters. The van der Waals surface area contributed by atoms with Crippen LogP contribution >= 0.6 is 0 Å². The molecule has 10 heavy (non-hydrogen) atoms. The van der Waals surface area contributed by atoms with Crippen LogP contribution in [0.25, 0.3) is 0 Å². The minimum absolute atomic E-state index is 0.0289. The highest BCUT2D eigenvalue weighted by molar-refractivity contribution is 4.66. The van der Waals surface area contributed by atoms with E-state index in [0.717, 1.165) is 6.42 Å². The predicted octanol–water partition coefficient (Wildman–Crippen LogP) is 0.519. The summed E-state index contributed by atoms with van der Waals surface area (Å²) in [6.07, 6.45) is 0.807. The molecule has 0 aromatic carbocycles. The maximum atomic E-state index is 8.75. The Bertz CT molecular complexity index is 95.0. The molecule has 0 aromatic heterocycles. The van der Waals surface area contributed by atoms with Gasteiger partial charge in [0.05, 0.1) is 18.8 Å². The van der Waals surface area contributed by atoms with Crippen LogP contribution in [-0.4, -0.2) is 30.2 Å². The van der Waals surface area contributed by atoms with Crippen LogP contribution < -0.4 is 0 Å². The summed E-state index contributed by atoms with van der Waals surface area (Å²) >= 11 is 0. The van der Waals surface area contributed by atoms with Crippen molar-refractivity contribution >= 4 is 0 Å². The summed E-state index contributed by atoms with van der Waals surface area (Å²) in [4.78, 5) is 0. The number of rotatable bonds is 1. The standard InChI is InChI=1S/C7H14O3/c1-5-3-7(4-8)10-6(2)9-5/h5-8H,3-4H2,1-2H3/t5-,6+,7-/m1/s1. The van der Waals surface area contributed by atoms with Gasteiger partial charge in [-0.3, -0.25) is 0 Å². The molecule has 1 fully saturated rings. The molecular weight excluding hydrogens is 132 g/mol. The molecule has 0 aromatic rings. The largest absolute Gasteiger partial charge is 0.394 e. The fourth-order valence-electron chi connectivity index (χ4n) is 1.23. The zero-order valence-corrected chi connectivity index (χ0v) is 6.41. The smallest absolute Gasteiger partial charge is 0.155 e. The van der Waals surface area contributed by atoms with E-state index in [0.29, 0.717) is 0 Å². The highest BCUT2D eigenvalue weighted by Crippen LogP contribution is 2.16. The maximum Gasteiger partial charge on any atom is 0.155 e. The van der Waals surface area contributed by atoms with Gasteiger partial charge in [-0.2, -0.15) is 0 Å². The molecule has 1 aliphatic heterocycles. The molecule has 3 heteroatoms. The van der Waals surface area contributed by atoms with Crippen molar-refractivity contribution < 1.29 is 14.6 Å². The summed E-state index contributed by atoms with van der Waals surface area (Å²) in [7, 11) is 0. The minimum atomic E-state index is -0.166. The Hall–Kier alpha value is -0.120. The Morgan fingerprint density at radius 1 is 1.40 bits per heavy atom. The van der Waals surface area contributed by atoms with E-state index < -0.39 is 0 Å². The maximum absolute atomic E-state index is 8.75. The molecule has 0 amide bonds. The Balaban J connectivity index is 2.35. The first-order valence-corrected chi connectivity index (χ1v) is 3.64. The summed E-state index contributed by atoms with van der Waals surface area (Å²) in [5, 5.41) is 8.75. The first kappa shape index (κ1) is 7.98. The topological polar surface area (TPSA) is 38.7 Å². The first-order chi connectivity index (χ1) is 4.72. The second-order valence-electron chi connectivity index (χ2n) is 2.69. The average molecular weight is 146 g/mol. The van der Waals surface area contributed by atoms with E-state index in [4.69, 9.17) is 14.6 Å².